The fraction of sp³-hybridized carbons (Fsp3) is 0.167. The minimum Gasteiger partial charge on any atom is -0.481 e. The van der Waals surface area contributed by atoms with E-state index in [1.54, 1.807) is 12.1 Å². The summed E-state index contributed by atoms with van der Waals surface area (Å²) in [6, 6.07) is 6.51. The summed E-state index contributed by atoms with van der Waals surface area (Å²) in [5, 5.41) is -0.0777. The highest BCUT2D eigenvalue weighted by molar-refractivity contribution is 6.33. The summed E-state index contributed by atoms with van der Waals surface area (Å²) in [5.41, 5.74) is -0.681. The van der Waals surface area contributed by atoms with Crippen molar-refractivity contribution in [3.63, 3.8) is 0 Å². The summed E-state index contributed by atoms with van der Waals surface area (Å²) in [6.07, 6.45) is -4.74. The maximum atomic E-state index is 13.7. The van der Waals surface area contributed by atoms with Crippen molar-refractivity contribution in [2.45, 2.75) is 13.1 Å². The average molecular weight is 411 g/mol. The summed E-state index contributed by atoms with van der Waals surface area (Å²) in [6.45, 7) is 1.45. The normalized spacial score (nSPS) is 12.1. The molecule has 1 aromatic carbocycles. The lowest BCUT2D eigenvalue weighted by atomic mass is 10.2. The number of imidazole rings is 1. The number of benzene rings is 1. The Balaban J connectivity index is 2.23. The molecule has 0 aliphatic rings. The molecule has 28 heavy (non-hydrogen) atoms. The van der Waals surface area contributed by atoms with Crippen LogP contribution >= 0.6 is 11.6 Å². The van der Waals surface area contributed by atoms with Crippen molar-refractivity contribution in [1.29, 1.82) is 0 Å². The van der Waals surface area contributed by atoms with Crippen molar-refractivity contribution < 1.29 is 22.3 Å². The van der Waals surface area contributed by atoms with Gasteiger partial charge in [0.05, 0.1) is 17.8 Å². The summed E-state index contributed by atoms with van der Waals surface area (Å²) in [4.78, 5) is 12.3. The maximum Gasteiger partial charge on any atom is 0.435 e. The molecule has 144 valence electrons. The molecule has 0 bridgehead atoms. The first-order valence-corrected chi connectivity index (χ1v) is 8.35. The molecule has 0 fully saturated rings. The third-order valence-corrected chi connectivity index (χ3v) is 4.51. The Morgan fingerprint density at radius 2 is 1.82 bits per heavy atom. The van der Waals surface area contributed by atoms with Crippen molar-refractivity contribution in [3.8, 4) is 17.3 Å². The first-order valence-electron chi connectivity index (χ1n) is 7.97. The molecule has 0 radical (unpaired) electrons. The highest BCUT2D eigenvalue weighted by Gasteiger charge is 2.39. The predicted molar refractivity (Wildman–Crippen MR) is 95.0 cm³/mol. The standard InChI is InChI=1S/C18H11ClF4N4O/c1-8-14-15(18(21,22)23)26-16(10-4-3-9(20)7-11(10)19)27(14)17-12(24-8)5-6-13(25-17)28-2/h3-7H,1-2H3. The van der Waals surface area contributed by atoms with Gasteiger partial charge in [-0.25, -0.2) is 14.4 Å². The molecule has 3 heterocycles. The van der Waals surface area contributed by atoms with Gasteiger partial charge in [0.2, 0.25) is 5.88 Å². The molecule has 5 nitrogen and oxygen atoms in total. The SMILES string of the molecule is COc1ccc2nc(C)c3c(C(F)(F)F)nc(-c4ccc(F)cc4Cl)n3c2n1. The van der Waals surface area contributed by atoms with Crippen molar-refractivity contribution >= 4 is 28.3 Å². The van der Waals surface area contributed by atoms with Gasteiger partial charge in [-0.15, -0.1) is 0 Å². The second kappa shape index (κ2) is 6.30. The van der Waals surface area contributed by atoms with Crippen LogP contribution in [0.2, 0.25) is 5.02 Å². The Morgan fingerprint density at radius 3 is 2.46 bits per heavy atom. The Bertz CT molecular complexity index is 1240. The van der Waals surface area contributed by atoms with E-state index in [2.05, 4.69) is 15.0 Å². The van der Waals surface area contributed by atoms with E-state index in [4.69, 9.17) is 16.3 Å². The molecule has 0 saturated carbocycles. The Kier molecular flexibility index (Phi) is 4.15. The van der Waals surface area contributed by atoms with Gasteiger partial charge in [-0.2, -0.15) is 18.2 Å². The number of nitrogens with zero attached hydrogens (tertiary/aromatic N) is 4. The second-order valence-electron chi connectivity index (χ2n) is 5.98. The fourth-order valence-electron chi connectivity index (χ4n) is 3.03. The van der Waals surface area contributed by atoms with Crippen LogP contribution in [0, 0.1) is 12.7 Å². The van der Waals surface area contributed by atoms with Crippen molar-refractivity contribution in [3.05, 3.63) is 52.6 Å². The Morgan fingerprint density at radius 1 is 1.07 bits per heavy atom. The molecule has 0 aliphatic heterocycles. The average Bonchev–Trinajstić information content (AvgIpc) is 3.03. The van der Waals surface area contributed by atoms with Gasteiger partial charge in [0.25, 0.3) is 0 Å². The molecule has 0 unspecified atom stereocenters. The summed E-state index contributed by atoms with van der Waals surface area (Å²) in [7, 11) is 1.39. The number of halogens is 5. The fourth-order valence-corrected chi connectivity index (χ4v) is 3.28. The van der Waals surface area contributed by atoms with E-state index < -0.39 is 17.7 Å². The van der Waals surface area contributed by atoms with Crippen molar-refractivity contribution in [2.24, 2.45) is 0 Å². The van der Waals surface area contributed by atoms with Crippen LogP contribution in [0.1, 0.15) is 11.4 Å². The molecule has 3 aromatic heterocycles. The molecular formula is C18H11ClF4N4O. The van der Waals surface area contributed by atoms with Gasteiger partial charge >= 0.3 is 6.18 Å². The van der Waals surface area contributed by atoms with Crippen LogP contribution in [0.15, 0.2) is 30.3 Å². The van der Waals surface area contributed by atoms with Crippen LogP contribution < -0.4 is 4.74 Å². The number of hydrogen-bond acceptors (Lipinski definition) is 4. The lowest BCUT2D eigenvalue weighted by Crippen LogP contribution is -2.08. The van der Waals surface area contributed by atoms with Crippen molar-refractivity contribution in [2.75, 3.05) is 7.11 Å². The van der Waals surface area contributed by atoms with E-state index in [0.29, 0.717) is 5.52 Å². The number of aryl methyl sites for hydroxylation is 1. The third kappa shape index (κ3) is 2.82. The van der Waals surface area contributed by atoms with Crippen LogP contribution in [0.25, 0.3) is 28.1 Å². The van der Waals surface area contributed by atoms with E-state index in [-0.39, 0.29) is 39.1 Å². The topological polar surface area (TPSA) is 52.3 Å². The lowest BCUT2D eigenvalue weighted by Gasteiger charge is -2.10. The second-order valence-corrected chi connectivity index (χ2v) is 6.39. The molecule has 0 N–H and O–H groups in total. The molecule has 10 heteroatoms. The molecule has 0 spiro atoms. The summed E-state index contributed by atoms with van der Waals surface area (Å²) in [5.74, 6) is -0.547. The van der Waals surface area contributed by atoms with E-state index in [0.717, 1.165) is 12.1 Å². The highest BCUT2D eigenvalue weighted by Crippen LogP contribution is 2.39. The zero-order valence-corrected chi connectivity index (χ0v) is 15.2. The zero-order valence-electron chi connectivity index (χ0n) is 14.5. The van der Waals surface area contributed by atoms with Crippen LogP contribution in [-0.2, 0) is 6.18 Å². The molecule has 0 saturated heterocycles. The smallest absolute Gasteiger partial charge is 0.435 e. The number of alkyl halides is 3. The van der Waals surface area contributed by atoms with E-state index >= 15 is 0 Å². The van der Waals surface area contributed by atoms with Crippen LogP contribution in [0.4, 0.5) is 17.6 Å². The van der Waals surface area contributed by atoms with E-state index in [1.165, 1.54) is 24.5 Å². The summed E-state index contributed by atoms with van der Waals surface area (Å²) < 4.78 is 60.9. The molecule has 4 aromatic rings. The zero-order chi connectivity index (χ0) is 20.2. The van der Waals surface area contributed by atoms with Gasteiger partial charge in [0.1, 0.15) is 22.7 Å². The molecule has 0 amide bonds. The first-order chi connectivity index (χ1) is 13.2. The predicted octanol–water partition coefficient (Wildman–Crippen LogP) is 5.07. The highest BCUT2D eigenvalue weighted by atomic mass is 35.5. The van der Waals surface area contributed by atoms with Gasteiger partial charge in [0.15, 0.2) is 11.3 Å². The minimum absolute atomic E-state index is 0.0777. The summed E-state index contributed by atoms with van der Waals surface area (Å²) >= 11 is 6.10. The van der Waals surface area contributed by atoms with Gasteiger partial charge in [-0.05, 0) is 31.2 Å². The monoisotopic (exact) mass is 410 g/mol. The number of hydrogen-bond donors (Lipinski definition) is 0. The molecule has 0 atom stereocenters. The van der Waals surface area contributed by atoms with E-state index in [1.807, 2.05) is 0 Å². The van der Waals surface area contributed by atoms with Crippen LogP contribution in [0.3, 0.4) is 0 Å². The Labute approximate surface area is 160 Å². The van der Waals surface area contributed by atoms with Crippen LogP contribution in [0.5, 0.6) is 5.88 Å². The third-order valence-electron chi connectivity index (χ3n) is 4.20. The molecule has 0 aliphatic carbocycles. The first kappa shape index (κ1) is 18.4. The largest absolute Gasteiger partial charge is 0.481 e. The number of aromatic nitrogens is 4. The number of fused-ring (bicyclic) bond motifs is 3. The maximum absolute atomic E-state index is 13.7. The van der Waals surface area contributed by atoms with Gasteiger partial charge in [0, 0.05) is 11.6 Å². The minimum atomic E-state index is -4.74. The number of methoxy groups -OCH3 is 1. The van der Waals surface area contributed by atoms with Gasteiger partial charge in [-0.1, -0.05) is 11.6 Å². The van der Waals surface area contributed by atoms with Gasteiger partial charge in [-0.3, -0.25) is 4.40 Å². The number of rotatable bonds is 2. The van der Waals surface area contributed by atoms with E-state index in [9.17, 15) is 17.6 Å². The molecule has 4 rings (SSSR count). The van der Waals surface area contributed by atoms with Gasteiger partial charge < -0.3 is 4.74 Å². The lowest BCUT2D eigenvalue weighted by molar-refractivity contribution is -0.139. The quantitative estimate of drug-likeness (QED) is 0.433. The van der Waals surface area contributed by atoms with Crippen molar-refractivity contribution in [1.82, 2.24) is 19.4 Å². The molecular weight excluding hydrogens is 400 g/mol. The van der Waals surface area contributed by atoms with Crippen LogP contribution in [-0.4, -0.2) is 26.5 Å². The Hall–Kier alpha value is -2.94. The number of pyridine rings is 1. The number of ether oxygens (including phenoxy) is 1.